The molecule has 0 fully saturated rings. The van der Waals surface area contributed by atoms with E-state index in [2.05, 4.69) is 36.4 Å². The number of nitrogens with one attached hydrogen (secondary N) is 1. The van der Waals surface area contributed by atoms with Gasteiger partial charge < -0.3 is 5.32 Å². The van der Waals surface area contributed by atoms with Crippen molar-refractivity contribution >= 4 is 50.6 Å². The SMILES string of the molecule is FC(F)(F)c1cc(Nc2nc(Cl)nnc2Cl)ccc1Br. The van der Waals surface area contributed by atoms with E-state index in [1.54, 1.807) is 0 Å². The third-order valence-corrected chi connectivity index (χ3v) is 3.26. The second kappa shape index (κ2) is 5.71. The number of rotatable bonds is 2. The molecule has 0 aliphatic carbocycles. The summed E-state index contributed by atoms with van der Waals surface area (Å²) in [6.45, 7) is 0. The van der Waals surface area contributed by atoms with Gasteiger partial charge in [-0.1, -0.05) is 27.5 Å². The van der Waals surface area contributed by atoms with E-state index in [0.29, 0.717) is 0 Å². The van der Waals surface area contributed by atoms with Crippen LogP contribution in [0.3, 0.4) is 0 Å². The summed E-state index contributed by atoms with van der Waals surface area (Å²) in [5, 5.41) is 9.21. The lowest BCUT2D eigenvalue weighted by molar-refractivity contribution is -0.138. The fourth-order valence-electron chi connectivity index (χ4n) is 1.33. The number of alkyl halides is 3. The fraction of sp³-hybridized carbons (Fsp3) is 0.100. The van der Waals surface area contributed by atoms with Crippen molar-refractivity contribution in [1.29, 1.82) is 0 Å². The largest absolute Gasteiger partial charge is 0.417 e. The average Bonchev–Trinajstić information content (AvgIpc) is 2.35. The fourth-order valence-corrected chi connectivity index (χ4v) is 2.05. The Bertz CT molecular complexity index is 651. The number of anilines is 2. The minimum atomic E-state index is -4.48. The molecule has 1 N–H and O–H groups in total. The Morgan fingerprint density at radius 2 is 1.85 bits per heavy atom. The molecule has 0 spiro atoms. The summed E-state index contributed by atoms with van der Waals surface area (Å²) in [4.78, 5) is 3.74. The molecule has 20 heavy (non-hydrogen) atoms. The van der Waals surface area contributed by atoms with Gasteiger partial charge in [-0.2, -0.15) is 18.2 Å². The zero-order valence-corrected chi connectivity index (χ0v) is 12.4. The van der Waals surface area contributed by atoms with Gasteiger partial charge in [0.15, 0.2) is 11.0 Å². The number of nitrogens with zero attached hydrogens (tertiary/aromatic N) is 3. The smallest absolute Gasteiger partial charge is 0.337 e. The van der Waals surface area contributed by atoms with Crippen molar-refractivity contribution in [1.82, 2.24) is 15.2 Å². The van der Waals surface area contributed by atoms with E-state index < -0.39 is 11.7 Å². The number of hydrogen-bond acceptors (Lipinski definition) is 4. The maximum atomic E-state index is 12.8. The van der Waals surface area contributed by atoms with Gasteiger partial charge in [0.25, 0.3) is 0 Å². The Hall–Kier alpha value is -1.12. The van der Waals surface area contributed by atoms with Crippen LogP contribution in [-0.4, -0.2) is 15.2 Å². The molecule has 4 nitrogen and oxygen atoms in total. The second-order valence-corrected chi connectivity index (χ2v) is 5.09. The number of halogens is 6. The Kier molecular flexibility index (Phi) is 4.36. The van der Waals surface area contributed by atoms with Crippen molar-refractivity contribution < 1.29 is 13.2 Å². The summed E-state index contributed by atoms with van der Waals surface area (Å²) in [5.74, 6) is 0.0158. The van der Waals surface area contributed by atoms with Crippen molar-refractivity contribution in [2.24, 2.45) is 0 Å². The lowest BCUT2D eigenvalue weighted by Crippen LogP contribution is -2.07. The summed E-state index contributed by atoms with van der Waals surface area (Å²) < 4.78 is 38.2. The van der Waals surface area contributed by atoms with Crippen LogP contribution in [-0.2, 0) is 6.18 Å². The van der Waals surface area contributed by atoms with Crippen molar-refractivity contribution in [3.63, 3.8) is 0 Å². The minimum Gasteiger partial charge on any atom is -0.337 e. The molecule has 0 bridgehead atoms. The van der Waals surface area contributed by atoms with E-state index in [4.69, 9.17) is 23.2 Å². The summed E-state index contributed by atoms with van der Waals surface area (Å²) in [6.07, 6.45) is -4.48. The third-order valence-electron chi connectivity index (χ3n) is 2.15. The predicted octanol–water partition coefficient (Wildman–Crippen LogP) is 4.70. The highest BCUT2D eigenvalue weighted by molar-refractivity contribution is 9.10. The molecule has 0 aliphatic heterocycles. The van der Waals surface area contributed by atoms with Crippen molar-refractivity contribution in [3.8, 4) is 0 Å². The maximum Gasteiger partial charge on any atom is 0.417 e. The van der Waals surface area contributed by atoms with Crippen molar-refractivity contribution in [2.75, 3.05) is 5.32 Å². The van der Waals surface area contributed by atoms with Gasteiger partial charge >= 0.3 is 6.18 Å². The molecule has 106 valence electrons. The lowest BCUT2D eigenvalue weighted by Gasteiger charge is -2.12. The van der Waals surface area contributed by atoms with Gasteiger partial charge in [-0.05, 0) is 29.8 Å². The van der Waals surface area contributed by atoms with Gasteiger partial charge in [0, 0.05) is 10.2 Å². The summed E-state index contributed by atoms with van der Waals surface area (Å²) in [5.41, 5.74) is -0.689. The standard InChI is InChI=1S/C10H4BrCl2F3N4/c11-6-2-1-4(3-5(6)10(14,15)16)17-8-7(12)19-20-9(13)18-8/h1-3H,(H,17,18,20). The molecular weight excluding hydrogens is 384 g/mol. The second-order valence-electron chi connectivity index (χ2n) is 3.54. The molecule has 0 saturated heterocycles. The highest BCUT2D eigenvalue weighted by Gasteiger charge is 2.33. The summed E-state index contributed by atoms with van der Waals surface area (Å²) in [7, 11) is 0. The molecule has 0 unspecified atom stereocenters. The summed E-state index contributed by atoms with van der Waals surface area (Å²) >= 11 is 14.1. The van der Waals surface area contributed by atoms with Crippen LogP contribution in [0.25, 0.3) is 0 Å². The van der Waals surface area contributed by atoms with E-state index in [-0.39, 0.29) is 26.4 Å². The molecule has 1 aromatic heterocycles. The van der Waals surface area contributed by atoms with E-state index in [1.807, 2.05) is 0 Å². The van der Waals surface area contributed by atoms with Crippen LogP contribution < -0.4 is 5.32 Å². The first-order valence-electron chi connectivity index (χ1n) is 4.97. The van der Waals surface area contributed by atoms with Crippen LogP contribution in [0.5, 0.6) is 0 Å². The van der Waals surface area contributed by atoms with Crippen LogP contribution in [0.15, 0.2) is 22.7 Å². The lowest BCUT2D eigenvalue weighted by atomic mass is 10.2. The molecule has 0 radical (unpaired) electrons. The molecule has 0 atom stereocenters. The Morgan fingerprint density at radius 1 is 1.15 bits per heavy atom. The first kappa shape index (κ1) is 15.3. The highest BCUT2D eigenvalue weighted by Crippen LogP contribution is 2.37. The molecule has 2 rings (SSSR count). The zero-order chi connectivity index (χ0) is 14.9. The van der Waals surface area contributed by atoms with Crippen LogP contribution in [0.4, 0.5) is 24.7 Å². The zero-order valence-electron chi connectivity index (χ0n) is 9.34. The van der Waals surface area contributed by atoms with Gasteiger partial charge in [-0.15, -0.1) is 10.2 Å². The first-order valence-corrected chi connectivity index (χ1v) is 6.52. The van der Waals surface area contributed by atoms with Crippen molar-refractivity contribution in [3.05, 3.63) is 38.7 Å². The first-order chi connectivity index (χ1) is 9.27. The van der Waals surface area contributed by atoms with E-state index >= 15 is 0 Å². The van der Waals surface area contributed by atoms with E-state index in [1.165, 1.54) is 12.1 Å². The molecule has 1 heterocycles. The minimum absolute atomic E-state index is 0.0158. The van der Waals surface area contributed by atoms with Gasteiger partial charge in [0.05, 0.1) is 5.56 Å². The molecule has 1 aromatic carbocycles. The molecular formula is C10H4BrCl2F3N4. The Morgan fingerprint density at radius 3 is 2.50 bits per heavy atom. The number of hydrogen-bond donors (Lipinski definition) is 1. The van der Waals surface area contributed by atoms with Crippen LogP contribution in [0.2, 0.25) is 10.4 Å². The Labute approximate surface area is 129 Å². The highest BCUT2D eigenvalue weighted by atomic mass is 79.9. The van der Waals surface area contributed by atoms with E-state index in [9.17, 15) is 13.2 Å². The Balaban J connectivity index is 2.37. The van der Waals surface area contributed by atoms with E-state index in [0.717, 1.165) is 6.07 Å². The third kappa shape index (κ3) is 3.50. The quantitative estimate of drug-likeness (QED) is 0.811. The van der Waals surface area contributed by atoms with Crippen LogP contribution in [0.1, 0.15) is 5.56 Å². The maximum absolute atomic E-state index is 12.8. The molecule has 0 amide bonds. The van der Waals surface area contributed by atoms with Crippen LogP contribution >= 0.6 is 39.1 Å². The van der Waals surface area contributed by atoms with Crippen molar-refractivity contribution in [2.45, 2.75) is 6.18 Å². The monoisotopic (exact) mass is 386 g/mol. The van der Waals surface area contributed by atoms with Crippen LogP contribution in [0, 0.1) is 0 Å². The summed E-state index contributed by atoms with van der Waals surface area (Å²) in [6, 6.07) is 3.59. The van der Waals surface area contributed by atoms with Gasteiger partial charge in [0.1, 0.15) is 0 Å². The molecule has 0 aliphatic rings. The number of aromatic nitrogens is 3. The topological polar surface area (TPSA) is 50.7 Å². The molecule has 2 aromatic rings. The molecule has 0 saturated carbocycles. The normalized spacial score (nSPS) is 11.5. The number of benzene rings is 1. The van der Waals surface area contributed by atoms with Gasteiger partial charge in [-0.25, -0.2) is 0 Å². The average molecular weight is 388 g/mol. The molecule has 10 heteroatoms. The van der Waals surface area contributed by atoms with Gasteiger partial charge in [0.2, 0.25) is 5.28 Å². The predicted molar refractivity (Wildman–Crippen MR) is 72.3 cm³/mol. The van der Waals surface area contributed by atoms with Gasteiger partial charge in [-0.3, -0.25) is 0 Å².